The first-order valence-corrected chi connectivity index (χ1v) is 8.79. The Hall–Kier alpha value is -1.88. The average molecular weight is 331 g/mol. The molecule has 0 unspecified atom stereocenters. The first-order chi connectivity index (χ1) is 11.4. The van der Waals surface area contributed by atoms with Crippen LogP contribution in [-0.2, 0) is 9.59 Å². The van der Waals surface area contributed by atoms with Gasteiger partial charge in [0.25, 0.3) is 0 Å². The van der Waals surface area contributed by atoms with Crippen molar-refractivity contribution in [2.24, 2.45) is 5.92 Å². The van der Waals surface area contributed by atoms with Crippen LogP contribution >= 0.6 is 0 Å². The lowest BCUT2D eigenvalue weighted by molar-refractivity contribution is -0.136. The molecule has 1 N–H and O–H groups in total. The summed E-state index contributed by atoms with van der Waals surface area (Å²) in [7, 11) is 0. The van der Waals surface area contributed by atoms with Crippen LogP contribution in [0.15, 0.2) is 18.2 Å². The third kappa shape index (κ3) is 4.57. The fraction of sp³-hybridized carbons (Fsp3) is 0.579. The third-order valence-corrected chi connectivity index (χ3v) is 4.96. The van der Waals surface area contributed by atoms with Crippen molar-refractivity contribution in [2.75, 3.05) is 38.0 Å². The zero-order valence-electron chi connectivity index (χ0n) is 15.3. The molecule has 1 aliphatic heterocycles. The van der Waals surface area contributed by atoms with Gasteiger partial charge in [-0.15, -0.1) is 0 Å². The molecular formula is C19H29N3O2. The lowest BCUT2D eigenvalue weighted by atomic mass is 10.1. The molecule has 1 aromatic carbocycles. The smallest absolute Gasteiger partial charge is 0.238 e. The second kappa shape index (κ2) is 8.29. The third-order valence-electron chi connectivity index (χ3n) is 4.96. The largest absolute Gasteiger partial charge is 0.340 e. The zero-order chi connectivity index (χ0) is 17.7. The standard InChI is InChI=1S/C19H29N3O2/c1-5-14(2)19(24)22-11-9-21(10-12-22)13-18(23)20-17-8-6-7-15(3)16(17)4/h6-8,14H,5,9-13H2,1-4H3,(H,20,23)/t14-/m0/s1. The topological polar surface area (TPSA) is 52.7 Å². The van der Waals surface area contributed by atoms with Gasteiger partial charge in [0.05, 0.1) is 6.54 Å². The molecule has 1 atom stereocenters. The quantitative estimate of drug-likeness (QED) is 0.901. The number of aryl methyl sites for hydroxylation is 1. The number of nitrogens with zero attached hydrogens (tertiary/aromatic N) is 2. The number of piperazine rings is 1. The Labute approximate surface area is 145 Å². The summed E-state index contributed by atoms with van der Waals surface area (Å²) in [6, 6.07) is 5.93. The number of hydrogen-bond acceptors (Lipinski definition) is 3. The fourth-order valence-electron chi connectivity index (χ4n) is 2.89. The maximum absolute atomic E-state index is 12.3. The van der Waals surface area contributed by atoms with Gasteiger partial charge in [0.15, 0.2) is 0 Å². The van der Waals surface area contributed by atoms with Crippen molar-refractivity contribution >= 4 is 17.5 Å². The van der Waals surface area contributed by atoms with Crippen molar-refractivity contribution < 1.29 is 9.59 Å². The van der Waals surface area contributed by atoms with Gasteiger partial charge in [-0.1, -0.05) is 26.0 Å². The van der Waals surface area contributed by atoms with E-state index >= 15 is 0 Å². The van der Waals surface area contributed by atoms with E-state index in [1.807, 2.05) is 50.8 Å². The van der Waals surface area contributed by atoms with Crippen LogP contribution in [0.3, 0.4) is 0 Å². The molecule has 0 radical (unpaired) electrons. The van der Waals surface area contributed by atoms with Gasteiger partial charge in [0, 0.05) is 37.8 Å². The van der Waals surface area contributed by atoms with Gasteiger partial charge < -0.3 is 10.2 Å². The molecule has 1 heterocycles. The molecule has 5 nitrogen and oxygen atoms in total. The van der Waals surface area contributed by atoms with Crippen LogP contribution in [0, 0.1) is 19.8 Å². The molecule has 0 saturated carbocycles. The number of carbonyl (C=O) groups is 2. The summed E-state index contributed by atoms with van der Waals surface area (Å²) in [5, 5.41) is 3.00. The monoisotopic (exact) mass is 331 g/mol. The van der Waals surface area contributed by atoms with E-state index < -0.39 is 0 Å². The molecule has 2 rings (SSSR count). The molecule has 0 aliphatic carbocycles. The maximum Gasteiger partial charge on any atom is 0.238 e. The van der Waals surface area contributed by atoms with E-state index in [0.29, 0.717) is 19.6 Å². The molecule has 5 heteroatoms. The minimum absolute atomic E-state index is 0.00500. The molecule has 0 spiro atoms. The molecule has 1 aromatic rings. The van der Waals surface area contributed by atoms with E-state index in [1.165, 1.54) is 5.56 Å². The number of rotatable bonds is 5. The van der Waals surface area contributed by atoms with Gasteiger partial charge in [-0.2, -0.15) is 0 Å². The molecule has 2 amide bonds. The number of benzene rings is 1. The van der Waals surface area contributed by atoms with Gasteiger partial charge in [-0.25, -0.2) is 0 Å². The van der Waals surface area contributed by atoms with E-state index in [1.54, 1.807) is 0 Å². The highest BCUT2D eigenvalue weighted by Gasteiger charge is 2.24. The Morgan fingerprint density at radius 2 is 1.83 bits per heavy atom. The molecule has 1 fully saturated rings. The Morgan fingerprint density at radius 3 is 2.46 bits per heavy atom. The molecule has 0 aromatic heterocycles. The molecule has 24 heavy (non-hydrogen) atoms. The van der Waals surface area contributed by atoms with Crippen molar-refractivity contribution in [3.8, 4) is 0 Å². The van der Waals surface area contributed by atoms with Crippen LogP contribution < -0.4 is 5.32 Å². The Bertz CT molecular complexity index is 592. The predicted octanol–water partition coefficient (Wildman–Crippen LogP) is 2.43. The highest BCUT2D eigenvalue weighted by Crippen LogP contribution is 2.18. The van der Waals surface area contributed by atoms with Crippen LogP contribution in [-0.4, -0.2) is 54.3 Å². The molecule has 132 valence electrons. The average Bonchev–Trinajstić information content (AvgIpc) is 2.58. The van der Waals surface area contributed by atoms with Crippen LogP contribution in [0.5, 0.6) is 0 Å². The Morgan fingerprint density at radius 1 is 1.17 bits per heavy atom. The van der Waals surface area contributed by atoms with Crippen molar-refractivity contribution in [3.05, 3.63) is 29.3 Å². The molecule has 1 aliphatic rings. The van der Waals surface area contributed by atoms with E-state index in [0.717, 1.165) is 30.8 Å². The second-order valence-corrected chi connectivity index (χ2v) is 6.71. The van der Waals surface area contributed by atoms with Crippen LogP contribution in [0.25, 0.3) is 0 Å². The summed E-state index contributed by atoms with van der Waals surface area (Å²) >= 11 is 0. The number of anilines is 1. The fourth-order valence-corrected chi connectivity index (χ4v) is 2.89. The van der Waals surface area contributed by atoms with Crippen molar-refractivity contribution in [1.82, 2.24) is 9.80 Å². The van der Waals surface area contributed by atoms with Crippen LogP contribution in [0.2, 0.25) is 0 Å². The lowest BCUT2D eigenvalue weighted by Gasteiger charge is -2.35. The lowest BCUT2D eigenvalue weighted by Crippen LogP contribution is -2.51. The maximum atomic E-state index is 12.3. The van der Waals surface area contributed by atoms with Crippen molar-refractivity contribution in [3.63, 3.8) is 0 Å². The minimum atomic E-state index is 0.00500. The van der Waals surface area contributed by atoms with Crippen molar-refractivity contribution in [1.29, 1.82) is 0 Å². The number of hydrogen-bond donors (Lipinski definition) is 1. The Kier molecular flexibility index (Phi) is 6.37. The summed E-state index contributed by atoms with van der Waals surface area (Å²) in [6.07, 6.45) is 0.872. The van der Waals surface area contributed by atoms with E-state index in [4.69, 9.17) is 0 Å². The van der Waals surface area contributed by atoms with Gasteiger partial charge in [0.1, 0.15) is 0 Å². The summed E-state index contributed by atoms with van der Waals surface area (Å²) < 4.78 is 0. The second-order valence-electron chi connectivity index (χ2n) is 6.71. The van der Waals surface area contributed by atoms with Crippen molar-refractivity contribution in [2.45, 2.75) is 34.1 Å². The number of amides is 2. The summed E-state index contributed by atoms with van der Waals surface area (Å²) in [4.78, 5) is 28.5. The summed E-state index contributed by atoms with van der Waals surface area (Å²) in [5.41, 5.74) is 3.16. The molecular weight excluding hydrogens is 302 g/mol. The summed E-state index contributed by atoms with van der Waals surface area (Å²) in [5.74, 6) is 0.325. The Balaban J connectivity index is 1.82. The van der Waals surface area contributed by atoms with E-state index in [9.17, 15) is 9.59 Å². The van der Waals surface area contributed by atoms with Crippen LogP contribution in [0.4, 0.5) is 5.69 Å². The predicted molar refractivity (Wildman–Crippen MR) is 97.0 cm³/mol. The van der Waals surface area contributed by atoms with Gasteiger partial charge in [0.2, 0.25) is 11.8 Å². The van der Waals surface area contributed by atoms with Gasteiger partial charge >= 0.3 is 0 Å². The normalized spacial score (nSPS) is 16.8. The van der Waals surface area contributed by atoms with E-state index in [-0.39, 0.29) is 17.7 Å². The van der Waals surface area contributed by atoms with Crippen LogP contribution in [0.1, 0.15) is 31.4 Å². The SMILES string of the molecule is CC[C@H](C)C(=O)N1CCN(CC(=O)Nc2cccc(C)c2C)CC1. The minimum Gasteiger partial charge on any atom is -0.340 e. The highest BCUT2D eigenvalue weighted by molar-refractivity contribution is 5.93. The van der Waals surface area contributed by atoms with E-state index in [2.05, 4.69) is 10.2 Å². The number of carbonyl (C=O) groups excluding carboxylic acids is 2. The molecule has 1 saturated heterocycles. The first-order valence-electron chi connectivity index (χ1n) is 8.79. The highest BCUT2D eigenvalue weighted by atomic mass is 16.2. The summed E-state index contributed by atoms with van der Waals surface area (Å²) in [6.45, 7) is 11.4. The van der Waals surface area contributed by atoms with Gasteiger partial charge in [-0.05, 0) is 37.5 Å². The number of nitrogens with one attached hydrogen (secondary N) is 1. The first kappa shape index (κ1) is 18.5. The van der Waals surface area contributed by atoms with Gasteiger partial charge in [-0.3, -0.25) is 14.5 Å². The molecule has 0 bridgehead atoms. The zero-order valence-corrected chi connectivity index (χ0v) is 15.3.